The van der Waals surface area contributed by atoms with Crippen LogP contribution in [0.3, 0.4) is 0 Å². The van der Waals surface area contributed by atoms with Gasteiger partial charge < -0.3 is 4.74 Å². The van der Waals surface area contributed by atoms with Gasteiger partial charge in [0.05, 0.1) is 10.9 Å². The van der Waals surface area contributed by atoms with Crippen LogP contribution in [-0.2, 0) is 5.41 Å². The minimum atomic E-state index is -0.536. The molecule has 0 N–H and O–H groups in total. The molecule has 0 amide bonds. The van der Waals surface area contributed by atoms with E-state index in [-0.39, 0.29) is 0 Å². The van der Waals surface area contributed by atoms with E-state index < -0.39 is 5.41 Å². The van der Waals surface area contributed by atoms with Crippen LogP contribution in [0, 0.1) is 0 Å². The zero-order valence-corrected chi connectivity index (χ0v) is 20.5. The van der Waals surface area contributed by atoms with Gasteiger partial charge in [-0.2, -0.15) is 0 Å². The second-order valence-electron chi connectivity index (χ2n) is 9.65. The van der Waals surface area contributed by atoms with Crippen molar-refractivity contribution in [3.05, 3.63) is 149 Å². The van der Waals surface area contributed by atoms with E-state index in [1.807, 2.05) is 30.5 Å². The molecule has 37 heavy (non-hydrogen) atoms. The maximum Gasteiger partial charge on any atom is 0.132 e. The number of para-hydroxylation sites is 2. The Morgan fingerprint density at radius 2 is 1.27 bits per heavy atom. The summed E-state index contributed by atoms with van der Waals surface area (Å²) in [6.07, 6.45) is 1.85. The van der Waals surface area contributed by atoms with Gasteiger partial charge >= 0.3 is 0 Å². The van der Waals surface area contributed by atoms with E-state index in [0.29, 0.717) is 0 Å². The highest BCUT2D eigenvalue weighted by Gasteiger charge is 2.52. The minimum Gasteiger partial charge on any atom is -0.457 e. The summed E-state index contributed by atoms with van der Waals surface area (Å²) in [7, 11) is 0. The average molecular weight is 494 g/mol. The van der Waals surface area contributed by atoms with Crippen molar-refractivity contribution in [1.82, 2.24) is 4.98 Å². The molecule has 1 aliphatic carbocycles. The number of pyridine rings is 1. The molecular formula is C34H20ClNO. The number of aromatic nitrogens is 1. The fourth-order valence-electron chi connectivity index (χ4n) is 6.42. The molecule has 2 aliphatic rings. The van der Waals surface area contributed by atoms with Crippen molar-refractivity contribution in [2.75, 3.05) is 0 Å². The van der Waals surface area contributed by atoms with E-state index in [4.69, 9.17) is 16.3 Å². The Kier molecular flexibility index (Phi) is 4.24. The summed E-state index contributed by atoms with van der Waals surface area (Å²) in [6, 6.07) is 40.3. The van der Waals surface area contributed by atoms with E-state index in [1.165, 1.54) is 16.7 Å². The zero-order chi connectivity index (χ0) is 24.6. The molecular weight excluding hydrogens is 474 g/mol. The fraction of sp³-hybridized carbons (Fsp3) is 0.0294. The number of rotatable bonds is 1. The van der Waals surface area contributed by atoms with E-state index in [0.717, 1.165) is 55.2 Å². The molecule has 0 bridgehead atoms. The van der Waals surface area contributed by atoms with E-state index >= 15 is 0 Å². The molecule has 2 nitrogen and oxygen atoms in total. The summed E-state index contributed by atoms with van der Waals surface area (Å²) in [4.78, 5) is 4.62. The highest BCUT2D eigenvalue weighted by atomic mass is 35.5. The van der Waals surface area contributed by atoms with Gasteiger partial charge in [0.15, 0.2) is 0 Å². The molecule has 2 heterocycles. The van der Waals surface area contributed by atoms with Crippen LogP contribution in [0.25, 0.3) is 33.2 Å². The molecule has 5 aromatic carbocycles. The first-order valence-corrected chi connectivity index (χ1v) is 12.8. The molecule has 0 fully saturated rings. The Morgan fingerprint density at radius 3 is 2.05 bits per heavy atom. The highest BCUT2D eigenvalue weighted by molar-refractivity contribution is 6.34. The van der Waals surface area contributed by atoms with Gasteiger partial charge in [-0.1, -0.05) is 96.5 Å². The van der Waals surface area contributed by atoms with Crippen LogP contribution in [0.1, 0.15) is 22.3 Å². The third kappa shape index (κ3) is 2.68. The van der Waals surface area contributed by atoms with Gasteiger partial charge in [0.2, 0.25) is 0 Å². The van der Waals surface area contributed by atoms with Gasteiger partial charge in [0.1, 0.15) is 11.5 Å². The third-order valence-corrected chi connectivity index (χ3v) is 8.17. The molecule has 0 unspecified atom stereocenters. The van der Waals surface area contributed by atoms with Gasteiger partial charge in [-0.3, -0.25) is 4.98 Å². The molecule has 3 heteroatoms. The summed E-state index contributed by atoms with van der Waals surface area (Å²) >= 11 is 7.06. The number of hydrogen-bond donors (Lipinski definition) is 0. The van der Waals surface area contributed by atoms with E-state index in [1.54, 1.807) is 0 Å². The molecule has 174 valence electrons. The first-order valence-electron chi connectivity index (χ1n) is 12.4. The van der Waals surface area contributed by atoms with Crippen LogP contribution >= 0.6 is 11.6 Å². The van der Waals surface area contributed by atoms with Crippen molar-refractivity contribution in [2.45, 2.75) is 5.41 Å². The predicted octanol–water partition coefficient (Wildman–Crippen LogP) is 9.02. The maximum atomic E-state index is 7.06. The third-order valence-electron chi connectivity index (χ3n) is 7.86. The number of nitrogens with zero attached hydrogens (tertiary/aromatic N) is 1. The maximum absolute atomic E-state index is 7.06. The summed E-state index contributed by atoms with van der Waals surface area (Å²) < 4.78 is 6.45. The topological polar surface area (TPSA) is 22.1 Å². The van der Waals surface area contributed by atoms with Crippen LogP contribution in [0.4, 0.5) is 0 Å². The van der Waals surface area contributed by atoms with Crippen LogP contribution in [0.5, 0.6) is 11.5 Å². The molecule has 8 rings (SSSR count). The summed E-state index contributed by atoms with van der Waals surface area (Å²) in [5.41, 5.74) is 9.64. The Labute approximate surface area is 219 Å². The number of halogens is 1. The lowest BCUT2D eigenvalue weighted by Gasteiger charge is -2.39. The number of hydrogen-bond acceptors (Lipinski definition) is 2. The number of benzene rings is 5. The molecule has 6 aromatic rings. The van der Waals surface area contributed by atoms with Crippen LogP contribution in [-0.4, -0.2) is 4.98 Å². The summed E-state index contributed by atoms with van der Waals surface area (Å²) in [5, 5.41) is 1.88. The minimum absolute atomic E-state index is 0.536. The second kappa shape index (κ2) is 7.55. The summed E-state index contributed by atoms with van der Waals surface area (Å²) in [6.45, 7) is 0. The van der Waals surface area contributed by atoms with E-state index in [2.05, 4.69) is 96.0 Å². The standard InChI is InChI=1S/C34H20ClNO/c35-28-14-6-13-27-33(28)32-23(22-18-17-21-8-7-19-36-29(21)20-22)9-5-12-26(32)34(27)24-10-1-3-15-30(24)37-31-16-4-2-11-25(31)34/h1-20H. The molecule has 0 atom stereocenters. The lowest BCUT2D eigenvalue weighted by atomic mass is 9.66. The van der Waals surface area contributed by atoms with Gasteiger partial charge in [0, 0.05) is 33.3 Å². The molecule has 1 aromatic heterocycles. The monoisotopic (exact) mass is 493 g/mol. The SMILES string of the molecule is Clc1cccc2c1-c1c(-c3ccc4cccnc4c3)cccc1C21c2ccccc2Oc2ccccc21. The van der Waals surface area contributed by atoms with Crippen molar-refractivity contribution in [1.29, 1.82) is 0 Å². The van der Waals surface area contributed by atoms with Gasteiger partial charge in [-0.15, -0.1) is 0 Å². The fourth-order valence-corrected chi connectivity index (χ4v) is 6.69. The Hall–Kier alpha value is -4.40. The number of ether oxygens (including phenoxy) is 1. The lowest BCUT2D eigenvalue weighted by Crippen LogP contribution is -2.32. The first kappa shape index (κ1) is 20.8. The molecule has 1 spiro atoms. The largest absolute Gasteiger partial charge is 0.457 e. The molecule has 0 radical (unpaired) electrons. The predicted molar refractivity (Wildman–Crippen MR) is 150 cm³/mol. The zero-order valence-electron chi connectivity index (χ0n) is 19.8. The van der Waals surface area contributed by atoms with Crippen LogP contribution in [0.15, 0.2) is 121 Å². The van der Waals surface area contributed by atoms with E-state index in [9.17, 15) is 0 Å². The van der Waals surface area contributed by atoms with Crippen molar-refractivity contribution in [3.63, 3.8) is 0 Å². The van der Waals surface area contributed by atoms with Gasteiger partial charge in [0.25, 0.3) is 0 Å². The van der Waals surface area contributed by atoms with Crippen molar-refractivity contribution >= 4 is 22.5 Å². The van der Waals surface area contributed by atoms with Crippen molar-refractivity contribution in [3.8, 4) is 33.8 Å². The Bertz CT molecular complexity index is 1840. The smallest absolute Gasteiger partial charge is 0.132 e. The van der Waals surface area contributed by atoms with Crippen molar-refractivity contribution in [2.24, 2.45) is 0 Å². The molecule has 0 saturated carbocycles. The second-order valence-corrected chi connectivity index (χ2v) is 10.1. The average Bonchev–Trinajstić information content (AvgIpc) is 3.25. The van der Waals surface area contributed by atoms with Crippen LogP contribution < -0.4 is 4.74 Å². The normalized spacial score (nSPS) is 14.0. The first-order chi connectivity index (χ1) is 18.3. The molecule has 1 aliphatic heterocycles. The Balaban J connectivity index is 1.54. The molecule has 0 saturated heterocycles. The Morgan fingerprint density at radius 1 is 0.595 bits per heavy atom. The van der Waals surface area contributed by atoms with Gasteiger partial charge in [-0.05, 0) is 58.1 Å². The van der Waals surface area contributed by atoms with Crippen LogP contribution in [0.2, 0.25) is 5.02 Å². The quantitative estimate of drug-likeness (QED) is 0.227. The lowest BCUT2D eigenvalue weighted by molar-refractivity contribution is 0.436. The number of fused-ring (bicyclic) bond motifs is 10. The summed E-state index contributed by atoms with van der Waals surface area (Å²) in [5.74, 6) is 1.75. The van der Waals surface area contributed by atoms with Crippen molar-refractivity contribution < 1.29 is 4.74 Å². The van der Waals surface area contributed by atoms with Gasteiger partial charge in [-0.25, -0.2) is 0 Å². The highest BCUT2D eigenvalue weighted by Crippen LogP contribution is 2.64.